The zero-order chi connectivity index (χ0) is 18.8. The molecule has 8 heteroatoms. The molecule has 0 aliphatic heterocycles. The van der Waals surface area contributed by atoms with E-state index in [0.717, 1.165) is 0 Å². The molecule has 25 heavy (non-hydrogen) atoms. The van der Waals surface area contributed by atoms with E-state index in [4.69, 9.17) is 6.42 Å². The number of alkyl halides is 6. The summed E-state index contributed by atoms with van der Waals surface area (Å²) in [5, 5.41) is 2.03. The summed E-state index contributed by atoms with van der Waals surface area (Å²) in [6.07, 6.45) is -4.82. The second-order valence-electron chi connectivity index (χ2n) is 4.97. The van der Waals surface area contributed by atoms with Crippen molar-refractivity contribution in [3.63, 3.8) is 0 Å². The molecule has 0 fully saturated rings. The quantitative estimate of drug-likeness (QED) is 0.598. The topological polar surface area (TPSA) is 29.1 Å². The summed E-state index contributed by atoms with van der Waals surface area (Å²) in [6, 6.07) is 6.41. The number of terminal acetylenes is 1. The maximum atomic E-state index is 12.8. The molecule has 0 heterocycles. The average Bonchev–Trinajstić information content (AvgIpc) is 2.53. The molecule has 0 aliphatic rings. The lowest BCUT2D eigenvalue weighted by Gasteiger charge is -2.14. The molecule has 0 radical (unpaired) electrons. The van der Waals surface area contributed by atoms with Crippen LogP contribution in [0, 0.1) is 12.3 Å². The van der Waals surface area contributed by atoms with Crippen molar-refractivity contribution in [2.45, 2.75) is 12.4 Å². The van der Waals surface area contributed by atoms with Crippen LogP contribution < -0.4 is 5.32 Å². The molecule has 2 aromatic rings. The van der Waals surface area contributed by atoms with E-state index in [2.05, 4.69) is 5.92 Å². The van der Waals surface area contributed by atoms with Crippen LogP contribution in [0.3, 0.4) is 0 Å². The maximum Gasteiger partial charge on any atom is 0.416 e. The highest BCUT2D eigenvalue weighted by molar-refractivity contribution is 6.04. The highest BCUT2D eigenvalue weighted by Crippen LogP contribution is 2.37. The molecule has 1 N–H and O–H groups in total. The Hall–Kier alpha value is -2.95. The molecule has 0 atom stereocenters. The summed E-state index contributed by atoms with van der Waals surface area (Å²) in [6.45, 7) is 0. The summed E-state index contributed by atoms with van der Waals surface area (Å²) in [4.78, 5) is 12.1. The summed E-state index contributed by atoms with van der Waals surface area (Å²) < 4.78 is 76.8. The molecule has 0 saturated carbocycles. The van der Waals surface area contributed by atoms with Crippen molar-refractivity contribution < 1.29 is 31.1 Å². The van der Waals surface area contributed by atoms with Gasteiger partial charge in [-0.1, -0.05) is 12.0 Å². The van der Waals surface area contributed by atoms with E-state index < -0.39 is 35.1 Å². The minimum atomic E-state index is -5.00. The fourth-order valence-electron chi connectivity index (χ4n) is 1.98. The number of anilines is 1. The van der Waals surface area contributed by atoms with Crippen LogP contribution in [0.2, 0.25) is 0 Å². The lowest BCUT2D eigenvalue weighted by Crippen LogP contribution is -2.16. The molecular weight excluding hydrogens is 348 g/mol. The zero-order valence-corrected chi connectivity index (χ0v) is 12.3. The molecule has 0 spiro atoms. The highest BCUT2D eigenvalue weighted by atomic mass is 19.4. The van der Waals surface area contributed by atoms with Crippen LogP contribution in [0.4, 0.5) is 32.0 Å². The number of benzene rings is 2. The van der Waals surface area contributed by atoms with Gasteiger partial charge in [0.1, 0.15) is 0 Å². The maximum absolute atomic E-state index is 12.8. The molecular formula is C17H9F6NO. The SMILES string of the molecule is C#Cc1cccc(C(=O)Nc2cc(C(F)(F)F)cc(C(F)(F)F)c2)c1. The van der Waals surface area contributed by atoms with Crippen molar-refractivity contribution in [1.29, 1.82) is 0 Å². The van der Waals surface area contributed by atoms with Gasteiger partial charge in [-0.25, -0.2) is 0 Å². The first-order valence-corrected chi connectivity index (χ1v) is 6.68. The number of carbonyl (C=O) groups excluding carboxylic acids is 1. The van der Waals surface area contributed by atoms with Crippen molar-refractivity contribution in [3.05, 3.63) is 64.7 Å². The Balaban J connectivity index is 2.41. The smallest absolute Gasteiger partial charge is 0.322 e. The van der Waals surface area contributed by atoms with Gasteiger partial charge in [-0.2, -0.15) is 26.3 Å². The summed E-state index contributed by atoms with van der Waals surface area (Å²) in [5.74, 6) is 1.38. The standard InChI is InChI=1S/C17H9F6NO/c1-2-10-4-3-5-11(6-10)15(25)24-14-8-12(16(18,19)20)7-13(9-14)17(21,22)23/h1,3-9H,(H,24,25). The highest BCUT2D eigenvalue weighted by Gasteiger charge is 2.37. The first-order chi connectivity index (χ1) is 11.5. The predicted octanol–water partition coefficient (Wildman–Crippen LogP) is 4.96. The van der Waals surface area contributed by atoms with Gasteiger partial charge in [-0.3, -0.25) is 4.79 Å². The van der Waals surface area contributed by atoms with E-state index in [1.54, 1.807) is 0 Å². The first kappa shape index (κ1) is 18.4. The Kier molecular flexibility index (Phi) is 4.79. The Labute approximate surface area is 138 Å². The minimum absolute atomic E-state index is 0.00132. The number of amides is 1. The van der Waals surface area contributed by atoms with Gasteiger partial charge in [-0.15, -0.1) is 6.42 Å². The van der Waals surface area contributed by atoms with Crippen molar-refractivity contribution >= 4 is 11.6 Å². The van der Waals surface area contributed by atoms with Gasteiger partial charge in [0.05, 0.1) is 11.1 Å². The third kappa shape index (κ3) is 4.53. The molecule has 2 nitrogen and oxygen atoms in total. The fraction of sp³-hybridized carbons (Fsp3) is 0.118. The lowest BCUT2D eigenvalue weighted by atomic mass is 10.1. The normalized spacial score (nSPS) is 11.7. The number of nitrogens with one attached hydrogen (secondary N) is 1. The van der Waals surface area contributed by atoms with Gasteiger partial charge in [0, 0.05) is 16.8 Å². The summed E-state index contributed by atoms with van der Waals surface area (Å²) in [5.41, 5.74) is -3.32. The van der Waals surface area contributed by atoms with Crippen LogP contribution in [0.1, 0.15) is 27.0 Å². The van der Waals surface area contributed by atoms with E-state index in [1.165, 1.54) is 24.3 Å². The minimum Gasteiger partial charge on any atom is -0.322 e. The molecule has 0 saturated heterocycles. The summed E-state index contributed by atoms with van der Waals surface area (Å²) in [7, 11) is 0. The van der Waals surface area contributed by atoms with E-state index in [-0.39, 0.29) is 11.6 Å². The molecule has 0 unspecified atom stereocenters. The Morgan fingerprint density at radius 2 is 1.48 bits per heavy atom. The van der Waals surface area contributed by atoms with Crippen molar-refractivity contribution in [1.82, 2.24) is 0 Å². The monoisotopic (exact) mass is 357 g/mol. The second kappa shape index (κ2) is 6.51. The van der Waals surface area contributed by atoms with Gasteiger partial charge in [0.25, 0.3) is 5.91 Å². The molecule has 0 aromatic heterocycles. The van der Waals surface area contributed by atoms with Crippen LogP contribution in [-0.2, 0) is 12.4 Å². The average molecular weight is 357 g/mol. The molecule has 0 aliphatic carbocycles. The van der Waals surface area contributed by atoms with Crippen LogP contribution in [0.5, 0.6) is 0 Å². The van der Waals surface area contributed by atoms with Gasteiger partial charge < -0.3 is 5.32 Å². The predicted molar refractivity (Wildman–Crippen MR) is 78.8 cm³/mol. The number of halogens is 6. The van der Waals surface area contributed by atoms with Crippen LogP contribution in [-0.4, -0.2) is 5.91 Å². The van der Waals surface area contributed by atoms with E-state index in [0.29, 0.717) is 17.7 Å². The van der Waals surface area contributed by atoms with Crippen molar-refractivity contribution in [2.75, 3.05) is 5.32 Å². The Morgan fingerprint density at radius 1 is 0.920 bits per heavy atom. The van der Waals surface area contributed by atoms with Crippen LogP contribution in [0.15, 0.2) is 42.5 Å². The van der Waals surface area contributed by atoms with Crippen molar-refractivity contribution in [2.24, 2.45) is 0 Å². The number of hydrogen-bond donors (Lipinski definition) is 1. The van der Waals surface area contributed by atoms with Crippen LogP contribution >= 0.6 is 0 Å². The largest absolute Gasteiger partial charge is 0.416 e. The van der Waals surface area contributed by atoms with Gasteiger partial charge in [-0.05, 0) is 36.4 Å². The molecule has 2 aromatic carbocycles. The van der Waals surface area contributed by atoms with E-state index >= 15 is 0 Å². The third-order valence-electron chi connectivity index (χ3n) is 3.14. The van der Waals surface area contributed by atoms with Gasteiger partial charge >= 0.3 is 12.4 Å². The number of carbonyl (C=O) groups is 1. The summed E-state index contributed by atoms with van der Waals surface area (Å²) >= 11 is 0. The number of rotatable bonds is 2. The molecule has 130 valence electrons. The Bertz CT molecular complexity index is 813. The van der Waals surface area contributed by atoms with E-state index in [9.17, 15) is 31.1 Å². The number of hydrogen-bond acceptors (Lipinski definition) is 1. The van der Waals surface area contributed by atoms with Crippen LogP contribution in [0.25, 0.3) is 0 Å². The molecule has 0 bridgehead atoms. The zero-order valence-electron chi connectivity index (χ0n) is 12.3. The van der Waals surface area contributed by atoms with Gasteiger partial charge in [0.15, 0.2) is 0 Å². The second-order valence-corrected chi connectivity index (χ2v) is 4.97. The third-order valence-corrected chi connectivity index (χ3v) is 3.14. The van der Waals surface area contributed by atoms with Gasteiger partial charge in [0.2, 0.25) is 0 Å². The molecule has 2 rings (SSSR count). The lowest BCUT2D eigenvalue weighted by molar-refractivity contribution is -0.143. The van der Waals surface area contributed by atoms with E-state index in [1.807, 2.05) is 5.32 Å². The first-order valence-electron chi connectivity index (χ1n) is 6.68. The fourth-order valence-corrected chi connectivity index (χ4v) is 1.98. The van der Waals surface area contributed by atoms with Crippen molar-refractivity contribution in [3.8, 4) is 12.3 Å². The Morgan fingerprint density at radius 3 is 1.96 bits per heavy atom. The molecule has 1 amide bonds.